The lowest BCUT2D eigenvalue weighted by Gasteiger charge is -2.11. The van der Waals surface area contributed by atoms with Crippen molar-refractivity contribution >= 4 is 22.0 Å². The van der Waals surface area contributed by atoms with Crippen molar-refractivity contribution in [1.29, 1.82) is 5.26 Å². The first kappa shape index (κ1) is 25.9. The van der Waals surface area contributed by atoms with Gasteiger partial charge in [0.05, 0.1) is 27.8 Å². The molecular weight excluding hydrogens is 467 g/mol. The van der Waals surface area contributed by atoms with Crippen molar-refractivity contribution in [3.63, 3.8) is 0 Å². The fourth-order valence-corrected chi connectivity index (χ4v) is 4.19. The minimum atomic E-state index is -4.02. The predicted molar refractivity (Wildman–Crippen MR) is 119 cm³/mol. The van der Waals surface area contributed by atoms with Crippen LogP contribution in [-0.4, -0.2) is 46.6 Å². The number of carboxylic acids is 2. The summed E-state index contributed by atoms with van der Waals surface area (Å²) in [6.45, 7) is 0.412. The summed E-state index contributed by atoms with van der Waals surface area (Å²) in [6.07, 6.45) is 3.85. The van der Waals surface area contributed by atoms with Crippen LogP contribution in [0.3, 0.4) is 0 Å². The Kier molecular flexibility index (Phi) is 8.77. The molecule has 34 heavy (non-hydrogen) atoms. The van der Waals surface area contributed by atoms with Crippen LogP contribution in [0.2, 0.25) is 0 Å². The quantitative estimate of drug-likeness (QED) is 0.336. The zero-order valence-electron chi connectivity index (χ0n) is 17.7. The number of hydrogen-bond acceptors (Lipinski definition) is 7. The average molecular weight is 486 g/mol. The molecule has 0 fully saturated rings. The van der Waals surface area contributed by atoms with Crippen molar-refractivity contribution in [2.45, 2.75) is 11.4 Å². The maximum atomic E-state index is 14.2. The van der Waals surface area contributed by atoms with E-state index in [-0.39, 0.29) is 21.7 Å². The molecule has 3 N–H and O–H groups in total. The Morgan fingerprint density at radius 1 is 1.18 bits per heavy atom. The monoisotopic (exact) mass is 486 g/mol. The van der Waals surface area contributed by atoms with Crippen molar-refractivity contribution in [2.75, 3.05) is 7.05 Å². The highest BCUT2D eigenvalue weighted by Crippen LogP contribution is 2.28. The first-order valence-corrected chi connectivity index (χ1v) is 10.9. The summed E-state index contributed by atoms with van der Waals surface area (Å²) in [5.74, 6) is -3.27. The van der Waals surface area contributed by atoms with Crippen molar-refractivity contribution in [3.8, 4) is 17.3 Å². The van der Waals surface area contributed by atoms with E-state index >= 15 is 0 Å². The molecule has 0 saturated carbocycles. The molecule has 0 aliphatic carbocycles. The first-order chi connectivity index (χ1) is 16.1. The number of halogens is 1. The number of rotatable bonds is 7. The molecule has 2 heterocycles. The van der Waals surface area contributed by atoms with Gasteiger partial charge in [0.2, 0.25) is 5.95 Å². The van der Waals surface area contributed by atoms with Gasteiger partial charge >= 0.3 is 11.9 Å². The summed E-state index contributed by atoms with van der Waals surface area (Å²) in [6, 6.07) is 12.2. The Bertz CT molecular complexity index is 1360. The number of benzene rings is 1. The van der Waals surface area contributed by atoms with E-state index in [0.717, 1.165) is 3.97 Å². The number of carboxylic acid groups (broad SMARTS) is 2. The van der Waals surface area contributed by atoms with E-state index in [1.807, 2.05) is 6.07 Å². The Morgan fingerprint density at radius 2 is 1.85 bits per heavy atom. The number of aromatic nitrogens is 2. The number of carbonyl (C=O) groups is 2. The van der Waals surface area contributed by atoms with Gasteiger partial charge in [0.25, 0.3) is 10.0 Å². The van der Waals surface area contributed by atoms with Gasteiger partial charge in [-0.15, -0.1) is 0 Å². The van der Waals surface area contributed by atoms with E-state index in [1.165, 1.54) is 48.8 Å². The third-order valence-electron chi connectivity index (χ3n) is 4.15. The summed E-state index contributed by atoms with van der Waals surface area (Å²) in [7, 11) is -2.29. The zero-order valence-corrected chi connectivity index (χ0v) is 18.5. The van der Waals surface area contributed by atoms with Crippen molar-refractivity contribution in [1.82, 2.24) is 14.3 Å². The van der Waals surface area contributed by atoms with Crippen LogP contribution in [0.4, 0.5) is 4.39 Å². The molecule has 1 aromatic carbocycles. The predicted octanol–water partition coefficient (Wildman–Crippen LogP) is 2.23. The molecule has 3 rings (SSSR count). The smallest absolute Gasteiger partial charge is 0.328 e. The van der Waals surface area contributed by atoms with E-state index in [0.29, 0.717) is 24.3 Å². The fraction of sp³-hybridized carbons (Fsp3) is 0.0909. The van der Waals surface area contributed by atoms with Crippen molar-refractivity contribution in [3.05, 3.63) is 84.1 Å². The Balaban J connectivity index is 0.000000440. The Hall–Kier alpha value is -4.34. The second-order valence-electron chi connectivity index (χ2n) is 6.56. The van der Waals surface area contributed by atoms with Gasteiger partial charge in [-0.05, 0) is 49.0 Å². The normalized spacial score (nSPS) is 10.9. The van der Waals surface area contributed by atoms with Gasteiger partial charge in [-0.2, -0.15) is 9.65 Å². The molecule has 0 atom stereocenters. The second-order valence-corrected chi connectivity index (χ2v) is 8.37. The lowest BCUT2D eigenvalue weighted by molar-refractivity contribution is -0.134. The number of hydrogen-bond donors (Lipinski definition) is 3. The average Bonchev–Trinajstić information content (AvgIpc) is 3.23. The number of aliphatic carboxylic acids is 2. The van der Waals surface area contributed by atoms with Crippen LogP contribution in [0.1, 0.15) is 11.1 Å². The number of nitrogens with zero attached hydrogens (tertiary/aromatic N) is 3. The molecule has 0 unspecified atom stereocenters. The van der Waals surface area contributed by atoms with Crippen LogP contribution in [0.25, 0.3) is 11.3 Å². The van der Waals surface area contributed by atoms with E-state index in [9.17, 15) is 22.4 Å². The van der Waals surface area contributed by atoms with E-state index < -0.39 is 27.9 Å². The van der Waals surface area contributed by atoms with Gasteiger partial charge in [0.15, 0.2) is 0 Å². The van der Waals surface area contributed by atoms with Gasteiger partial charge in [-0.3, -0.25) is 0 Å². The summed E-state index contributed by atoms with van der Waals surface area (Å²) < 4.78 is 41.4. The van der Waals surface area contributed by atoms with Crippen LogP contribution in [0.15, 0.2) is 71.9 Å². The number of pyridine rings is 1. The summed E-state index contributed by atoms with van der Waals surface area (Å²) >= 11 is 0. The van der Waals surface area contributed by atoms with Gasteiger partial charge in [0, 0.05) is 31.1 Å². The van der Waals surface area contributed by atoms with Gasteiger partial charge < -0.3 is 15.5 Å². The first-order valence-electron chi connectivity index (χ1n) is 9.46. The fourth-order valence-electron chi connectivity index (χ4n) is 2.75. The summed E-state index contributed by atoms with van der Waals surface area (Å²) in [5, 5.41) is 27.6. The molecule has 10 nitrogen and oxygen atoms in total. The molecule has 0 aliphatic heterocycles. The topological polar surface area (TPSA) is 162 Å². The lowest BCUT2D eigenvalue weighted by Crippen LogP contribution is -2.14. The highest BCUT2D eigenvalue weighted by Gasteiger charge is 2.23. The minimum Gasteiger partial charge on any atom is -0.478 e. The molecule has 0 amide bonds. The van der Waals surface area contributed by atoms with Gasteiger partial charge in [-0.25, -0.2) is 27.0 Å². The highest BCUT2D eigenvalue weighted by molar-refractivity contribution is 7.90. The number of nitriles is 1. The van der Waals surface area contributed by atoms with Crippen LogP contribution >= 0.6 is 0 Å². The van der Waals surface area contributed by atoms with Crippen LogP contribution in [0.5, 0.6) is 0 Å². The van der Waals surface area contributed by atoms with E-state index in [4.69, 9.17) is 15.5 Å². The largest absolute Gasteiger partial charge is 0.478 e. The molecule has 0 bridgehead atoms. The van der Waals surface area contributed by atoms with Crippen LogP contribution in [-0.2, 0) is 26.2 Å². The maximum Gasteiger partial charge on any atom is 0.328 e. The summed E-state index contributed by atoms with van der Waals surface area (Å²) in [5.41, 5.74) is 1.15. The molecule has 0 aliphatic rings. The Labute approximate surface area is 194 Å². The second kappa shape index (κ2) is 11.5. The zero-order chi connectivity index (χ0) is 25.3. The molecule has 176 valence electrons. The highest BCUT2D eigenvalue weighted by atomic mass is 32.2. The Morgan fingerprint density at radius 3 is 2.41 bits per heavy atom. The molecule has 0 spiro atoms. The van der Waals surface area contributed by atoms with Gasteiger partial charge in [-0.1, -0.05) is 6.07 Å². The molecule has 12 heteroatoms. The van der Waals surface area contributed by atoms with E-state index in [1.54, 1.807) is 13.1 Å². The van der Waals surface area contributed by atoms with Crippen molar-refractivity contribution in [2.24, 2.45) is 0 Å². The molecule has 0 radical (unpaired) electrons. The summed E-state index contributed by atoms with van der Waals surface area (Å²) in [4.78, 5) is 22.7. The maximum absolute atomic E-state index is 14.2. The standard InChI is InChI=1S/C18H15FN4O2S.C4H4O4/c1-21-11-14-9-17(16-6-3-7-22-18(16)19)23(12-14)26(24,25)15-5-2-4-13(8-15)10-20;5-3(6)1-2-4(7)8/h2-9,12,21H,11H2,1H3;1-2H,(H,5,6)(H,7,8). The molecule has 2 aromatic heterocycles. The molecular formula is C22H19FN4O6S. The SMILES string of the molecule is CNCc1cc(-c2cccnc2F)n(S(=O)(=O)c2cccc(C#N)c2)c1.O=C(O)C=CC(=O)O. The molecule has 3 aromatic rings. The minimum absolute atomic E-state index is 0.0475. The number of nitrogens with one attached hydrogen (secondary N) is 1. The van der Waals surface area contributed by atoms with E-state index in [2.05, 4.69) is 10.3 Å². The third-order valence-corrected chi connectivity index (χ3v) is 5.82. The molecule has 0 saturated heterocycles. The lowest BCUT2D eigenvalue weighted by atomic mass is 10.2. The van der Waals surface area contributed by atoms with Gasteiger partial charge in [0.1, 0.15) is 0 Å². The third kappa shape index (κ3) is 6.58. The van der Waals surface area contributed by atoms with Crippen LogP contribution in [0, 0.1) is 17.3 Å². The van der Waals surface area contributed by atoms with Crippen molar-refractivity contribution < 1.29 is 32.6 Å². The van der Waals surface area contributed by atoms with Crippen LogP contribution < -0.4 is 5.32 Å².